The van der Waals surface area contributed by atoms with E-state index in [2.05, 4.69) is 16.1 Å². The lowest BCUT2D eigenvalue weighted by Gasteiger charge is -2.29. The molecule has 4 rings (SSSR count). The van der Waals surface area contributed by atoms with E-state index in [-0.39, 0.29) is 5.91 Å². The second kappa shape index (κ2) is 7.75. The van der Waals surface area contributed by atoms with Gasteiger partial charge >= 0.3 is 0 Å². The van der Waals surface area contributed by atoms with Gasteiger partial charge in [0.1, 0.15) is 5.75 Å². The minimum Gasteiger partial charge on any atom is -0.496 e. The molecule has 0 radical (unpaired) electrons. The number of rotatable bonds is 5. The fraction of sp³-hybridized carbons (Fsp3) is 0.545. The molecule has 1 saturated carbocycles. The summed E-state index contributed by atoms with van der Waals surface area (Å²) in [5.41, 5.74) is 4.16. The van der Waals surface area contributed by atoms with Crippen molar-refractivity contribution in [1.82, 2.24) is 14.7 Å². The van der Waals surface area contributed by atoms with E-state index >= 15 is 0 Å². The molecule has 1 heterocycles. The maximum Gasteiger partial charge on any atom is 0.275 e. The summed E-state index contributed by atoms with van der Waals surface area (Å²) in [5, 5.41) is 4.66. The Labute approximate surface area is 161 Å². The number of benzene rings is 1. The van der Waals surface area contributed by atoms with Gasteiger partial charge in [-0.3, -0.25) is 9.48 Å². The molecule has 5 nitrogen and oxygen atoms in total. The van der Waals surface area contributed by atoms with Crippen molar-refractivity contribution in [2.75, 3.05) is 7.11 Å². The third kappa shape index (κ3) is 3.47. The first-order valence-electron chi connectivity index (χ1n) is 10.2. The van der Waals surface area contributed by atoms with E-state index in [1.165, 1.54) is 30.5 Å². The van der Waals surface area contributed by atoms with Crippen molar-refractivity contribution in [1.29, 1.82) is 0 Å². The number of fused-ring (bicyclic) bond motifs is 1. The van der Waals surface area contributed by atoms with Crippen LogP contribution in [0.25, 0.3) is 0 Å². The molecule has 144 valence electrons. The van der Waals surface area contributed by atoms with E-state index in [9.17, 15) is 4.79 Å². The number of amides is 1. The Balaban J connectivity index is 1.68. The van der Waals surface area contributed by atoms with Crippen LogP contribution in [0.5, 0.6) is 5.75 Å². The van der Waals surface area contributed by atoms with E-state index in [1.54, 1.807) is 7.11 Å². The maximum absolute atomic E-state index is 13.6. The second-order valence-corrected chi connectivity index (χ2v) is 7.79. The van der Waals surface area contributed by atoms with Gasteiger partial charge in [-0.1, -0.05) is 31.0 Å². The van der Waals surface area contributed by atoms with Crippen LogP contribution >= 0.6 is 0 Å². The van der Waals surface area contributed by atoms with Crippen LogP contribution in [0.3, 0.4) is 0 Å². The smallest absolute Gasteiger partial charge is 0.275 e. The molecule has 1 amide bonds. The molecule has 0 atom stereocenters. The number of nitrogens with zero attached hydrogens (tertiary/aromatic N) is 3. The van der Waals surface area contributed by atoms with Gasteiger partial charge in [0.15, 0.2) is 5.69 Å². The number of hydrogen-bond acceptors (Lipinski definition) is 3. The third-order valence-corrected chi connectivity index (χ3v) is 6.13. The van der Waals surface area contributed by atoms with Gasteiger partial charge in [0, 0.05) is 36.5 Å². The molecule has 1 fully saturated rings. The van der Waals surface area contributed by atoms with E-state index in [0.29, 0.717) is 18.3 Å². The molecular formula is C22H29N3O2. The number of ether oxygens (including phenoxy) is 1. The van der Waals surface area contributed by atoms with Crippen LogP contribution < -0.4 is 4.74 Å². The molecule has 0 N–H and O–H groups in total. The zero-order valence-electron chi connectivity index (χ0n) is 16.4. The summed E-state index contributed by atoms with van der Waals surface area (Å²) in [6, 6.07) is 8.30. The van der Waals surface area contributed by atoms with Crippen LogP contribution in [0.15, 0.2) is 24.3 Å². The van der Waals surface area contributed by atoms with Gasteiger partial charge in [-0.2, -0.15) is 5.10 Å². The van der Waals surface area contributed by atoms with Crippen molar-refractivity contribution >= 4 is 5.91 Å². The number of aryl methyl sites for hydroxylation is 1. The van der Waals surface area contributed by atoms with Crippen molar-refractivity contribution in [3.8, 4) is 5.75 Å². The normalized spacial score (nSPS) is 17.0. The molecule has 0 spiro atoms. The Morgan fingerprint density at radius 2 is 1.93 bits per heavy atom. The second-order valence-electron chi connectivity index (χ2n) is 7.79. The first-order valence-corrected chi connectivity index (χ1v) is 10.2. The quantitative estimate of drug-likeness (QED) is 0.805. The highest BCUT2D eigenvalue weighted by atomic mass is 16.5. The molecule has 2 aliphatic carbocycles. The average Bonchev–Trinajstić information content (AvgIpc) is 3.35. The highest BCUT2D eigenvalue weighted by Gasteiger charge is 2.32. The number of carbonyl (C=O) groups excluding carboxylic acids is 1. The van der Waals surface area contributed by atoms with Gasteiger partial charge in [-0.25, -0.2) is 0 Å². The number of aromatic nitrogens is 2. The summed E-state index contributed by atoms with van der Waals surface area (Å²) in [7, 11) is 3.66. The Hall–Kier alpha value is -2.30. The largest absolute Gasteiger partial charge is 0.496 e. The highest BCUT2D eigenvalue weighted by molar-refractivity contribution is 5.94. The number of hydrogen-bond donors (Lipinski definition) is 0. The van der Waals surface area contributed by atoms with Crippen molar-refractivity contribution in [2.45, 2.75) is 64.0 Å². The number of para-hydroxylation sites is 1. The number of carbonyl (C=O) groups is 1. The molecular weight excluding hydrogens is 338 g/mol. The van der Waals surface area contributed by atoms with E-state index in [0.717, 1.165) is 43.4 Å². The fourth-order valence-corrected chi connectivity index (χ4v) is 4.68. The standard InChI is InChI=1S/C22H29N3O2/c1-24-19-13-7-6-12-18(19)21(23-24)22(26)25(17-10-4-5-11-17)15-16-9-3-8-14-20(16)27-2/h3,8-9,14,17H,4-7,10-13,15H2,1-2H3. The molecule has 2 aromatic rings. The maximum atomic E-state index is 13.6. The van der Waals surface area contributed by atoms with Crippen LogP contribution in [0, 0.1) is 0 Å². The Morgan fingerprint density at radius 3 is 2.70 bits per heavy atom. The SMILES string of the molecule is COc1ccccc1CN(C(=O)c1nn(C)c2c1CCCC2)C1CCCC1. The summed E-state index contributed by atoms with van der Waals surface area (Å²) >= 11 is 0. The summed E-state index contributed by atoms with van der Waals surface area (Å²) < 4.78 is 7.46. The number of methoxy groups -OCH3 is 1. The molecule has 0 unspecified atom stereocenters. The van der Waals surface area contributed by atoms with Crippen LogP contribution in [-0.4, -0.2) is 33.7 Å². The fourth-order valence-electron chi connectivity index (χ4n) is 4.68. The summed E-state index contributed by atoms with van der Waals surface area (Å²) in [6.45, 7) is 0.582. The van der Waals surface area contributed by atoms with E-state index in [4.69, 9.17) is 4.74 Å². The summed E-state index contributed by atoms with van der Waals surface area (Å²) in [4.78, 5) is 15.7. The lowest BCUT2D eigenvalue weighted by atomic mass is 9.95. The van der Waals surface area contributed by atoms with E-state index < -0.39 is 0 Å². The van der Waals surface area contributed by atoms with Crippen LogP contribution in [-0.2, 0) is 26.4 Å². The molecule has 2 aliphatic rings. The van der Waals surface area contributed by atoms with Crippen molar-refractivity contribution in [2.24, 2.45) is 7.05 Å². The van der Waals surface area contributed by atoms with Gasteiger partial charge < -0.3 is 9.64 Å². The predicted molar refractivity (Wildman–Crippen MR) is 105 cm³/mol. The molecule has 1 aromatic heterocycles. The third-order valence-electron chi connectivity index (χ3n) is 6.13. The molecule has 0 aliphatic heterocycles. The first-order chi connectivity index (χ1) is 13.2. The van der Waals surface area contributed by atoms with Crippen molar-refractivity contribution in [3.63, 3.8) is 0 Å². The minimum atomic E-state index is 0.0894. The Kier molecular flexibility index (Phi) is 5.19. The average molecular weight is 367 g/mol. The van der Waals surface area contributed by atoms with Crippen LogP contribution in [0.1, 0.15) is 65.8 Å². The molecule has 0 bridgehead atoms. The summed E-state index contributed by atoms with van der Waals surface area (Å²) in [6.07, 6.45) is 8.88. The Morgan fingerprint density at radius 1 is 1.19 bits per heavy atom. The summed E-state index contributed by atoms with van der Waals surface area (Å²) in [5.74, 6) is 0.933. The van der Waals surface area contributed by atoms with Gasteiger partial charge in [-0.05, 0) is 44.6 Å². The van der Waals surface area contributed by atoms with E-state index in [1.807, 2.05) is 29.9 Å². The first kappa shape index (κ1) is 18.1. The van der Waals surface area contributed by atoms with Crippen molar-refractivity contribution < 1.29 is 9.53 Å². The predicted octanol–water partition coefficient (Wildman–Crippen LogP) is 3.89. The topological polar surface area (TPSA) is 47.4 Å². The van der Waals surface area contributed by atoms with Gasteiger partial charge in [0.2, 0.25) is 0 Å². The van der Waals surface area contributed by atoms with Gasteiger partial charge in [0.25, 0.3) is 5.91 Å². The zero-order chi connectivity index (χ0) is 18.8. The molecule has 27 heavy (non-hydrogen) atoms. The van der Waals surface area contributed by atoms with Gasteiger partial charge in [0.05, 0.1) is 7.11 Å². The molecule has 1 aromatic carbocycles. The van der Waals surface area contributed by atoms with Crippen LogP contribution in [0.2, 0.25) is 0 Å². The minimum absolute atomic E-state index is 0.0894. The highest BCUT2D eigenvalue weighted by Crippen LogP contribution is 2.31. The van der Waals surface area contributed by atoms with Crippen molar-refractivity contribution in [3.05, 3.63) is 46.8 Å². The lowest BCUT2D eigenvalue weighted by molar-refractivity contribution is 0.0655. The lowest BCUT2D eigenvalue weighted by Crippen LogP contribution is -2.39. The van der Waals surface area contributed by atoms with Gasteiger partial charge in [-0.15, -0.1) is 0 Å². The molecule has 0 saturated heterocycles. The zero-order valence-corrected chi connectivity index (χ0v) is 16.4. The monoisotopic (exact) mass is 367 g/mol. The molecule has 5 heteroatoms. The Bertz CT molecular complexity index is 821. The van der Waals surface area contributed by atoms with Crippen LogP contribution in [0.4, 0.5) is 0 Å².